The summed E-state index contributed by atoms with van der Waals surface area (Å²) < 4.78 is 27.1. The predicted octanol–water partition coefficient (Wildman–Crippen LogP) is 5.48. The molecule has 0 saturated carbocycles. The number of hydrogen-bond acceptors (Lipinski definition) is 3. The molecule has 10 heteroatoms. The first-order valence-electron chi connectivity index (χ1n) is 8.84. The predicted molar refractivity (Wildman–Crippen MR) is 118 cm³/mol. The number of sulfonamides is 1. The maximum Gasteiger partial charge on any atom is 0.228 e. The van der Waals surface area contributed by atoms with Crippen molar-refractivity contribution in [3.05, 3.63) is 62.1 Å². The van der Waals surface area contributed by atoms with E-state index in [1.165, 1.54) is 10.4 Å². The highest BCUT2D eigenvalue weighted by molar-refractivity contribution is 7.88. The van der Waals surface area contributed by atoms with E-state index in [2.05, 4.69) is 5.32 Å². The van der Waals surface area contributed by atoms with Gasteiger partial charge in [0, 0.05) is 13.1 Å². The van der Waals surface area contributed by atoms with Crippen LogP contribution in [0.5, 0.6) is 0 Å². The number of halogens is 4. The van der Waals surface area contributed by atoms with E-state index < -0.39 is 15.9 Å². The van der Waals surface area contributed by atoms with Crippen molar-refractivity contribution in [2.45, 2.75) is 18.6 Å². The summed E-state index contributed by atoms with van der Waals surface area (Å²) in [6, 6.07) is 9.68. The smallest absolute Gasteiger partial charge is 0.228 e. The van der Waals surface area contributed by atoms with Gasteiger partial charge >= 0.3 is 0 Å². The first kappa shape index (κ1) is 22.7. The van der Waals surface area contributed by atoms with Crippen LogP contribution in [0.1, 0.15) is 18.4 Å². The van der Waals surface area contributed by atoms with E-state index in [-0.39, 0.29) is 23.2 Å². The van der Waals surface area contributed by atoms with Crippen molar-refractivity contribution >= 4 is 68.0 Å². The molecule has 1 aliphatic rings. The van der Waals surface area contributed by atoms with Crippen LogP contribution in [-0.2, 0) is 20.6 Å². The van der Waals surface area contributed by atoms with Gasteiger partial charge in [-0.15, -0.1) is 0 Å². The highest BCUT2D eigenvalue weighted by Crippen LogP contribution is 2.31. The van der Waals surface area contributed by atoms with Gasteiger partial charge < -0.3 is 5.32 Å². The Morgan fingerprint density at radius 2 is 1.83 bits per heavy atom. The molecule has 0 aromatic heterocycles. The lowest BCUT2D eigenvalue weighted by Gasteiger charge is -2.31. The molecule has 3 rings (SSSR count). The zero-order chi connectivity index (χ0) is 21.2. The zero-order valence-corrected chi connectivity index (χ0v) is 19.0. The quantitative estimate of drug-likeness (QED) is 0.597. The molecule has 5 nitrogen and oxygen atoms in total. The zero-order valence-electron chi connectivity index (χ0n) is 15.2. The monoisotopic (exact) mass is 494 g/mol. The molecule has 1 atom stereocenters. The standard InChI is InChI=1S/C19H18Cl4N2O3S/c20-14-7-6-12(9-16(14)22)11-29(27,28)25-8-2-3-13(10-25)19(26)24-17-5-1-4-15(21)18(17)23/h1,4-7,9,13H,2-3,8,10-11H2,(H,24,26). The summed E-state index contributed by atoms with van der Waals surface area (Å²) in [5, 5.41) is 3.99. The highest BCUT2D eigenvalue weighted by atomic mass is 35.5. The molecule has 29 heavy (non-hydrogen) atoms. The fraction of sp³-hybridized carbons (Fsp3) is 0.316. The Morgan fingerprint density at radius 3 is 2.55 bits per heavy atom. The van der Waals surface area contributed by atoms with Crippen LogP contribution in [-0.4, -0.2) is 31.7 Å². The molecule has 0 radical (unpaired) electrons. The van der Waals surface area contributed by atoms with Crippen LogP contribution in [0.2, 0.25) is 20.1 Å². The van der Waals surface area contributed by atoms with E-state index in [1.54, 1.807) is 30.3 Å². The van der Waals surface area contributed by atoms with Gasteiger partial charge in [-0.05, 0) is 42.7 Å². The lowest BCUT2D eigenvalue weighted by atomic mass is 9.99. The minimum Gasteiger partial charge on any atom is -0.324 e. The lowest BCUT2D eigenvalue weighted by molar-refractivity contribution is -0.120. The second-order valence-corrected chi connectivity index (χ2v) is 10.4. The summed E-state index contributed by atoms with van der Waals surface area (Å²) in [5.41, 5.74) is 0.941. The van der Waals surface area contributed by atoms with Crippen LogP contribution in [0, 0.1) is 5.92 Å². The van der Waals surface area contributed by atoms with Gasteiger partial charge in [0.05, 0.1) is 37.4 Å². The van der Waals surface area contributed by atoms with Crippen molar-refractivity contribution < 1.29 is 13.2 Å². The molecule has 156 valence electrons. The Balaban J connectivity index is 1.69. The molecule has 1 heterocycles. The fourth-order valence-electron chi connectivity index (χ4n) is 3.18. The topological polar surface area (TPSA) is 66.5 Å². The summed E-state index contributed by atoms with van der Waals surface area (Å²) in [4.78, 5) is 12.7. The van der Waals surface area contributed by atoms with Crippen LogP contribution in [0.25, 0.3) is 0 Å². The minimum absolute atomic E-state index is 0.105. The largest absolute Gasteiger partial charge is 0.324 e. The van der Waals surface area contributed by atoms with E-state index in [4.69, 9.17) is 46.4 Å². The maximum absolute atomic E-state index is 12.9. The van der Waals surface area contributed by atoms with Crippen LogP contribution < -0.4 is 5.32 Å². The van der Waals surface area contributed by atoms with E-state index in [9.17, 15) is 13.2 Å². The van der Waals surface area contributed by atoms with Crippen molar-refractivity contribution in [2.75, 3.05) is 18.4 Å². The third-order valence-electron chi connectivity index (χ3n) is 4.69. The van der Waals surface area contributed by atoms with E-state index >= 15 is 0 Å². The molecule has 2 aromatic rings. The number of benzene rings is 2. The van der Waals surface area contributed by atoms with Crippen LogP contribution >= 0.6 is 46.4 Å². The molecule has 1 aliphatic heterocycles. The Hall–Kier alpha value is -1.02. The first-order valence-corrected chi connectivity index (χ1v) is 12.0. The van der Waals surface area contributed by atoms with Crippen molar-refractivity contribution in [3.8, 4) is 0 Å². The SMILES string of the molecule is O=C(Nc1cccc(Cl)c1Cl)C1CCCN(S(=O)(=O)Cc2ccc(Cl)c(Cl)c2)C1. The third kappa shape index (κ3) is 5.57. The summed E-state index contributed by atoms with van der Waals surface area (Å²) >= 11 is 24.0. The first-order chi connectivity index (χ1) is 13.7. The molecule has 1 N–H and O–H groups in total. The number of rotatable bonds is 5. The Kier molecular flexibility index (Phi) is 7.36. The number of carbonyl (C=O) groups excluding carboxylic acids is 1. The molecule has 0 spiro atoms. The molecule has 1 fully saturated rings. The lowest BCUT2D eigenvalue weighted by Crippen LogP contribution is -2.44. The Bertz CT molecular complexity index is 1030. The van der Waals surface area contributed by atoms with Gasteiger partial charge in [-0.3, -0.25) is 4.79 Å². The highest BCUT2D eigenvalue weighted by Gasteiger charge is 2.32. The summed E-state index contributed by atoms with van der Waals surface area (Å²) in [6.07, 6.45) is 1.17. The van der Waals surface area contributed by atoms with Crippen molar-refractivity contribution in [1.82, 2.24) is 4.31 Å². The third-order valence-corrected chi connectivity index (χ3v) is 8.07. The van der Waals surface area contributed by atoms with Gasteiger partial charge in [-0.1, -0.05) is 58.5 Å². The Morgan fingerprint density at radius 1 is 1.07 bits per heavy atom. The van der Waals surface area contributed by atoms with E-state index in [0.29, 0.717) is 45.7 Å². The number of piperidine rings is 1. The molecule has 0 bridgehead atoms. The van der Waals surface area contributed by atoms with Gasteiger partial charge in [0.25, 0.3) is 0 Å². The minimum atomic E-state index is -3.62. The second-order valence-electron chi connectivity index (χ2n) is 6.79. The van der Waals surface area contributed by atoms with Crippen LogP contribution in [0.3, 0.4) is 0 Å². The number of nitrogens with zero attached hydrogens (tertiary/aromatic N) is 1. The van der Waals surface area contributed by atoms with Crippen molar-refractivity contribution in [1.29, 1.82) is 0 Å². The summed E-state index contributed by atoms with van der Waals surface area (Å²) in [6.45, 7) is 0.471. The molecule has 0 aliphatic carbocycles. The number of anilines is 1. The molecule has 1 unspecified atom stereocenters. The fourth-order valence-corrected chi connectivity index (χ4v) is 5.44. The average molecular weight is 496 g/mol. The van der Waals surface area contributed by atoms with Crippen LogP contribution in [0.15, 0.2) is 36.4 Å². The van der Waals surface area contributed by atoms with E-state index in [0.717, 1.165) is 0 Å². The molecule has 2 aromatic carbocycles. The van der Waals surface area contributed by atoms with Gasteiger partial charge in [0.15, 0.2) is 0 Å². The molecular formula is C19H18Cl4N2O3S. The summed E-state index contributed by atoms with van der Waals surface area (Å²) in [5.74, 6) is -0.982. The number of carbonyl (C=O) groups is 1. The summed E-state index contributed by atoms with van der Waals surface area (Å²) in [7, 11) is -3.62. The molecule has 1 saturated heterocycles. The number of hydrogen-bond donors (Lipinski definition) is 1. The Labute approximate surface area is 189 Å². The number of nitrogens with one attached hydrogen (secondary N) is 1. The van der Waals surface area contributed by atoms with E-state index in [1.807, 2.05) is 0 Å². The van der Waals surface area contributed by atoms with Gasteiger partial charge in [-0.25, -0.2) is 12.7 Å². The van der Waals surface area contributed by atoms with Gasteiger partial charge in [0.1, 0.15) is 0 Å². The number of amides is 1. The van der Waals surface area contributed by atoms with Gasteiger partial charge in [0.2, 0.25) is 15.9 Å². The normalized spacial score (nSPS) is 17.9. The maximum atomic E-state index is 12.9. The van der Waals surface area contributed by atoms with Crippen molar-refractivity contribution in [2.24, 2.45) is 5.92 Å². The molecular weight excluding hydrogens is 478 g/mol. The molecule has 1 amide bonds. The second kappa shape index (κ2) is 9.41. The van der Waals surface area contributed by atoms with Gasteiger partial charge in [-0.2, -0.15) is 0 Å². The van der Waals surface area contributed by atoms with Crippen LogP contribution in [0.4, 0.5) is 5.69 Å². The van der Waals surface area contributed by atoms with Crippen molar-refractivity contribution in [3.63, 3.8) is 0 Å². The average Bonchev–Trinajstić information content (AvgIpc) is 2.68.